The predicted molar refractivity (Wildman–Crippen MR) is 55.9 cm³/mol. The molecular formula is C11H23NO. The summed E-state index contributed by atoms with van der Waals surface area (Å²) >= 11 is 0. The Labute approximate surface area is 82.0 Å². The molecule has 2 heteroatoms. The molecule has 0 spiro atoms. The van der Waals surface area contributed by atoms with E-state index >= 15 is 0 Å². The average Bonchev–Trinajstić information content (AvgIpc) is 2.19. The van der Waals surface area contributed by atoms with Crippen molar-refractivity contribution in [2.24, 2.45) is 5.92 Å². The van der Waals surface area contributed by atoms with Crippen LogP contribution in [0.5, 0.6) is 0 Å². The van der Waals surface area contributed by atoms with Crippen LogP contribution in [0.1, 0.15) is 39.0 Å². The fraction of sp³-hybridized carbons (Fsp3) is 1.00. The van der Waals surface area contributed by atoms with Gasteiger partial charge in [-0.2, -0.15) is 0 Å². The molecule has 1 aliphatic carbocycles. The van der Waals surface area contributed by atoms with Crippen molar-refractivity contribution in [1.29, 1.82) is 0 Å². The highest BCUT2D eigenvalue weighted by Gasteiger charge is 2.20. The molecule has 0 radical (unpaired) electrons. The molecule has 2 unspecified atom stereocenters. The second kappa shape index (κ2) is 6.39. The van der Waals surface area contributed by atoms with Crippen LogP contribution in [0.4, 0.5) is 0 Å². The van der Waals surface area contributed by atoms with Crippen LogP contribution < -0.4 is 5.32 Å². The zero-order valence-electron chi connectivity index (χ0n) is 9.01. The third-order valence-corrected chi connectivity index (χ3v) is 2.89. The number of ether oxygens (including phenoxy) is 1. The Morgan fingerprint density at radius 3 is 2.92 bits per heavy atom. The lowest BCUT2D eigenvalue weighted by atomic mass is 9.86. The van der Waals surface area contributed by atoms with Gasteiger partial charge in [-0.05, 0) is 38.6 Å². The molecule has 2 nitrogen and oxygen atoms in total. The van der Waals surface area contributed by atoms with Crippen LogP contribution in [0.2, 0.25) is 0 Å². The molecule has 0 aliphatic heterocycles. The monoisotopic (exact) mass is 185 g/mol. The molecule has 0 saturated heterocycles. The molecule has 1 saturated carbocycles. The smallest absolute Gasteiger partial charge is 0.0494 e. The summed E-state index contributed by atoms with van der Waals surface area (Å²) in [4.78, 5) is 0. The van der Waals surface area contributed by atoms with Gasteiger partial charge in [-0.25, -0.2) is 0 Å². The van der Waals surface area contributed by atoms with E-state index in [9.17, 15) is 0 Å². The Balaban J connectivity index is 2.11. The number of hydrogen-bond acceptors (Lipinski definition) is 2. The fourth-order valence-corrected chi connectivity index (χ4v) is 2.10. The lowest BCUT2D eigenvalue weighted by molar-refractivity contribution is 0.0800. The summed E-state index contributed by atoms with van der Waals surface area (Å²) in [5.74, 6) is 0.803. The van der Waals surface area contributed by atoms with Crippen LogP contribution in [0.15, 0.2) is 0 Å². The molecule has 13 heavy (non-hydrogen) atoms. The molecule has 0 amide bonds. The van der Waals surface area contributed by atoms with Gasteiger partial charge in [-0.3, -0.25) is 0 Å². The van der Waals surface area contributed by atoms with Gasteiger partial charge in [0.2, 0.25) is 0 Å². The second-order valence-corrected chi connectivity index (χ2v) is 4.09. The highest BCUT2D eigenvalue weighted by atomic mass is 16.5. The molecule has 1 fully saturated rings. The maximum Gasteiger partial charge on any atom is 0.0494 e. The van der Waals surface area contributed by atoms with E-state index in [1.807, 2.05) is 0 Å². The molecule has 1 aliphatic rings. The summed E-state index contributed by atoms with van der Waals surface area (Å²) in [7, 11) is 2.07. The summed E-state index contributed by atoms with van der Waals surface area (Å²) in [5.41, 5.74) is 0. The van der Waals surface area contributed by atoms with Gasteiger partial charge in [-0.15, -0.1) is 0 Å². The van der Waals surface area contributed by atoms with Gasteiger partial charge >= 0.3 is 0 Å². The van der Waals surface area contributed by atoms with Gasteiger partial charge in [-0.1, -0.05) is 13.3 Å². The van der Waals surface area contributed by atoms with Crippen LogP contribution in [-0.4, -0.2) is 26.3 Å². The van der Waals surface area contributed by atoms with Crippen LogP contribution in [0.25, 0.3) is 0 Å². The standard InChI is InChI=1S/C11H23NO/c1-3-7-13-9-10-5-4-6-11(8-10)12-2/h10-12H,3-9H2,1-2H3. The predicted octanol–water partition coefficient (Wildman–Crippen LogP) is 2.19. The highest BCUT2D eigenvalue weighted by molar-refractivity contribution is 4.76. The van der Waals surface area contributed by atoms with Gasteiger partial charge < -0.3 is 10.1 Å². The Morgan fingerprint density at radius 1 is 1.38 bits per heavy atom. The fourth-order valence-electron chi connectivity index (χ4n) is 2.10. The van der Waals surface area contributed by atoms with Crippen molar-refractivity contribution in [3.8, 4) is 0 Å². The lowest BCUT2D eigenvalue weighted by Gasteiger charge is -2.28. The van der Waals surface area contributed by atoms with E-state index in [1.165, 1.54) is 25.7 Å². The first-order valence-electron chi connectivity index (χ1n) is 5.61. The first-order valence-corrected chi connectivity index (χ1v) is 5.61. The van der Waals surface area contributed by atoms with E-state index < -0.39 is 0 Å². The third-order valence-electron chi connectivity index (χ3n) is 2.89. The summed E-state index contributed by atoms with van der Waals surface area (Å²) < 4.78 is 5.59. The molecule has 1 rings (SSSR count). The van der Waals surface area contributed by atoms with E-state index in [4.69, 9.17) is 4.74 Å². The van der Waals surface area contributed by atoms with Crippen molar-refractivity contribution >= 4 is 0 Å². The Hall–Kier alpha value is -0.0800. The quantitative estimate of drug-likeness (QED) is 0.663. The maximum absolute atomic E-state index is 5.59. The van der Waals surface area contributed by atoms with E-state index in [0.29, 0.717) is 0 Å². The van der Waals surface area contributed by atoms with Crippen molar-refractivity contribution in [2.45, 2.75) is 45.1 Å². The minimum atomic E-state index is 0.740. The van der Waals surface area contributed by atoms with Crippen molar-refractivity contribution < 1.29 is 4.74 Å². The van der Waals surface area contributed by atoms with Gasteiger partial charge in [0.15, 0.2) is 0 Å². The van der Waals surface area contributed by atoms with Crippen LogP contribution >= 0.6 is 0 Å². The molecule has 0 aromatic rings. The number of nitrogens with one attached hydrogen (secondary N) is 1. The zero-order valence-corrected chi connectivity index (χ0v) is 9.01. The van der Waals surface area contributed by atoms with E-state index in [1.54, 1.807) is 0 Å². The minimum Gasteiger partial charge on any atom is -0.381 e. The average molecular weight is 185 g/mol. The Kier molecular flexibility index (Phi) is 5.40. The van der Waals surface area contributed by atoms with Crippen molar-refractivity contribution in [3.63, 3.8) is 0 Å². The largest absolute Gasteiger partial charge is 0.381 e. The summed E-state index contributed by atoms with van der Waals surface area (Å²) in [5, 5.41) is 3.37. The van der Waals surface area contributed by atoms with Gasteiger partial charge in [0.25, 0.3) is 0 Å². The topological polar surface area (TPSA) is 21.3 Å². The Morgan fingerprint density at radius 2 is 2.23 bits per heavy atom. The Bertz CT molecular complexity index is 127. The maximum atomic E-state index is 5.59. The van der Waals surface area contributed by atoms with Crippen molar-refractivity contribution in [3.05, 3.63) is 0 Å². The van der Waals surface area contributed by atoms with Gasteiger partial charge in [0.1, 0.15) is 0 Å². The second-order valence-electron chi connectivity index (χ2n) is 4.09. The summed E-state index contributed by atoms with van der Waals surface area (Å²) in [6, 6.07) is 0.740. The minimum absolute atomic E-state index is 0.740. The van der Waals surface area contributed by atoms with E-state index in [-0.39, 0.29) is 0 Å². The molecule has 0 heterocycles. The molecule has 0 aromatic heterocycles. The van der Waals surface area contributed by atoms with Gasteiger partial charge in [0.05, 0.1) is 0 Å². The molecule has 78 valence electrons. The molecule has 0 bridgehead atoms. The molecule has 1 N–H and O–H groups in total. The van der Waals surface area contributed by atoms with Crippen LogP contribution in [0, 0.1) is 5.92 Å². The van der Waals surface area contributed by atoms with E-state index in [0.717, 1.165) is 31.6 Å². The normalized spacial score (nSPS) is 29.1. The van der Waals surface area contributed by atoms with Crippen LogP contribution in [0.3, 0.4) is 0 Å². The summed E-state index contributed by atoms with van der Waals surface area (Å²) in [6.45, 7) is 4.07. The number of hydrogen-bond donors (Lipinski definition) is 1. The zero-order chi connectivity index (χ0) is 9.52. The molecule has 0 aromatic carbocycles. The lowest BCUT2D eigenvalue weighted by Crippen LogP contribution is -2.32. The van der Waals surface area contributed by atoms with E-state index in [2.05, 4.69) is 19.3 Å². The summed E-state index contributed by atoms with van der Waals surface area (Å²) in [6.07, 6.45) is 6.52. The highest BCUT2D eigenvalue weighted by Crippen LogP contribution is 2.24. The van der Waals surface area contributed by atoms with Crippen molar-refractivity contribution in [1.82, 2.24) is 5.32 Å². The van der Waals surface area contributed by atoms with Crippen molar-refractivity contribution in [2.75, 3.05) is 20.3 Å². The first-order chi connectivity index (χ1) is 6.36. The van der Waals surface area contributed by atoms with Crippen LogP contribution in [-0.2, 0) is 4.74 Å². The molecule has 2 atom stereocenters. The van der Waals surface area contributed by atoms with Gasteiger partial charge in [0, 0.05) is 19.3 Å². The third kappa shape index (κ3) is 4.10. The SMILES string of the molecule is CCCOCC1CCCC(NC)C1. The molecular weight excluding hydrogens is 162 g/mol. The first kappa shape index (κ1) is 11.0. The number of rotatable bonds is 5.